The molecule has 0 fully saturated rings. The summed E-state index contributed by atoms with van der Waals surface area (Å²) in [6, 6.07) is 32.2. The van der Waals surface area contributed by atoms with Gasteiger partial charge in [0.1, 0.15) is 12.4 Å². The second kappa shape index (κ2) is 9.99. The maximum absolute atomic E-state index is 12.4. The van der Waals surface area contributed by atoms with Crippen LogP contribution in [0.4, 0.5) is 0 Å². The maximum Gasteiger partial charge on any atom is 0.251 e. The van der Waals surface area contributed by atoms with Gasteiger partial charge in [-0.1, -0.05) is 66.7 Å². The summed E-state index contributed by atoms with van der Waals surface area (Å²) in [7, 11) is 0. The van der Waals surface area contributed by atoms with E-state index in [0.29, 0.717) is 18.7 Å². The van der Waals surface area contributed by atoms with Crippen LogP contribution in [0, 0.1) is 0 Å². The van der Waals surface area contributed by atoms with E-state index in [9.17, 15) is 4.79 Å². The van der Waals surface area contributed by atoms with Gasteiger partial charge in [0.05, 0.1) is 6.54 Å². The van der Waals surface area contributed by atoms with Crippen molar-refractivity contribution in [2.75, 3.05) is 13.2 Å². The first-order valence-corrected chi connectivity index (χ1v) is 10.9. The summed E-state index contributed by atoms with van der Waals surface area (Å²) in [4.78, 5) is 13.6. The highest BCUT2D eigenvalue weighted by molar-refractivity contribution is 7.98. The molecule has 0 spiro atoms. The standard InChI is InChI=1S/C26H23NO2S/c28-26(22-15-13-20(14-16-22)19-30-23-9-2-1-3-10-23)27-17-18-29-25-12-6-8-21-7-4-5-11-24(21)25/h1-16H,17-19H2,(H,27,28). The average Bonchev–Trinajstić information content (AvgIpc) is 2.81. The Kier molecular flexibility index (Phi) is 6.68. The number of benzene rings is 4. The van der Waals surface area contributed by atoms with E-state index in [1.165, 1.54) is 10.5 Å². The van der Waals surface area contributed by atoms with Crippen LogP contribution in [0.2, 0.25) is 0 Å². The van der Waals surface area contributed by atoms with Gasteiger partial charge in [-0.3, -0.25) is 4.79 Å². The fraction of sp³-hybridized carbons (Fsp3) is 0.115. The lowest BCUT2D eigenvalue weighted by atomic mass is 10.1. The van der Waals surface area contributed by atoms with Crippen molar-refractivity contribution in [2.45, 2.75) is 10.6 Å². The van der Waals surface area contributed by atoms with Crippen LogP contribution in [0.1, 0.15) is 15.9 Å². The predicted molar refractivity (Wildman–Crippen MR) is 124 cm³/mol. The number of hydrogen-bond donors (Lipinski definition) is 1. The van der Waals surface area contributed by atoms with Crippen LogP contribution in [0.25, 0.3) is 10.8 Å². The molecule has 0 unspecified atom stereocenters. The molecule has 0 atom stereocenters. The summed E-state index contributed by atoms with van der Waals surface area (Å²) in [5, 5.41) is 5.15. The van der Waals surface area contributed by atoms with Crippen molar-refractivity contribution in [1.29, 1.82) is 0 Å². The van der Waals surface area contributed by atoms with E-state index in [1.807, 2.05) is 72.8 Å². The Hall–Kier alpha value is -3.24. The fourth-order valence-electron chi connectivity index (χ4n) is 3.18. The van der Waals surface area contributed by atoms with Crippen molar-refractivity contribution < 1.29 is 9.53 Å². The largest absolute Gasteiger partial charge is 0.491 e. The molecular weight excluding hydrogens is 390 g/mol. The summed E-state index contributed by atoms with van der Waals surface area (Å²) < 4.78 is 5.88. The first-order valence-electron chi connectivity index (χ1n) is 9.95. The Balaban J connectivity index is 1.25. The Morgan fingerprint density at radius 2 is 1.53 bits per heavy atom. The molecule has 0 aromatic heterocycles. The molecule has 4 rings (SSSR count). The molecule has 150 valence electrons. The third-order valence-electron chi connectivity index (χ3n) is 4.76. The molecule has 0 aliphatic rings. The lowest BCUT2D eigenvalue weighted by molar-refractivity contribution is 0.0947. The number of carbonyl (C=O) groups excluding carboxylic acids is 1. The van der Waals surface area contributed by atoms with E-state index in [0.717, 1.165) is 22.3 Å². The van der Waals surface area contributed by atoms with Gasteiger partial charge in [0.25, 0.3) is 5.91 Å². The molecule has 0 radical (unpaired) electrons. The Morgan fingerprint density at radius 1 is 0.800 bits per heavy atom. The van der Waals surface area contributed by atoms with Gasteiger partial charge in [-0.15, -0.1) is 11.8 Å². The molecule has 0 heterocycles. The fourth-order valence-corrected chi connectivity index (χ4v) is 4.06. The van der Waals surface area contributed by atoms with Crippen molar-refractivity contribution in [2.24, 2.45) is 0 Å². The average molecular weight is 414 g/mol. The van der Waals surface area contributed by atoms with Gasteiger partial charge >= 0.3 is 0 Å². The summed E-state index contributed by atoms with van der Waals surface area (Å²) in [5.74, 6) is 1.63. The summed E-state index contributed by atoms with van der Waals surface area (Å²) >= 11 is 1.79. The summed E-state index contributed by atoms with van der Waals surface area (Å²) in [6.45, 7) is 0.874. The van der Waals surface area contributed by atoms with Gasteiger partial charge in [-0.25, -0.2) is 0 Å². The van der Waals surface area contributed by atoms with Gasteiger partial charge in [0, 0.05) is 21.6 Å². The number of amides is 1. The molecule has 30 heavy (non-hydrogen) atoms. The molecule has 3 nitrogen and oxygen atoms in total. The van der Waals surface area contributed by atoms with Gasteiger partial charge in [0.2, 0.25) is 0 Å². The molecule has 0 bridgehead atoms. The first kappa shape index (κ1) is 20.0. The lowest BCUT2D eigenvalue weighted by Crippen LogP contribution is -2.28. The second-order valence-corrected chi connectivity index (χ2v) is 7.93. The topological polar surface area (TPSA) is 38.3 Å². The van der Waals surface area contributed by atoms with E-state index in [-0.39, 0.29) is 5.91 Å². The Morgan fingerprint density at radius 3 is 2.37 bits per heavy atom. The predicted octanol–water partition coefficient (Wildman–Crippen LogP) is 5.94. The van der Waals surface area contributed by atoms with Crippen LogP contribution in [0.3, 0.4) is 0 Å². The number of rotatable bonds is 8. The van der Waals surface area contributed by atoms with E-state index in [2.05, 4.69) is 29.6 Å². The van der Waals surface area contributed by atoms with Gasteiger partial charge in [0.15, 0.2) is 0 Å². The third-order valence-corrected chi connectivity index (χ3v) is 5.84. The van der Waals surface area contributed by atoms with Crippen LogP contribution in [-0.4, -0.2) is 19.1 Å². The van der Waals surface area contributed by atoms with Gasteiger partial charge in [-0.2, -0.15) is 0 Å². The molecule has 1 N–H and O–H groups in total. The third kappa shape index (κ3) is 5.22. The van der Waals surface area contributed by atoms with Crippen molar-refractivity contribution in [1.82, 2.24) is 5.32 Å². The molecule has 4 heteroatoms. The van der Waals surface area contributed by atoms with Crippen LogP contribution >= 0.6 is 11.8 Å². The number of fused-ring (bicyclic) bond motifs is 1. The zero-order chi connectivity index (χ0) is 20.6. The molecule has 0 aliphatic heterocycles. The highest BCUT2D eigenvalue weighted by Gasteiger charge is 2.06. The second-order valence-electron chi connectivity index (χ2n) is 6.88. The van der Waals surface area contributed by atoms with E-state index < -0.39 is 0 Å². The number of nitrogens with one attached hydrogen (secondary N) is 1. The molecule has 4 aromatic rings. The van der Waals surface area contributed by atoms with Crippen molar-refractivity contribution in [3.63, 3.8) is 0 Å². The molecule has 0 aliphatic carbocycles. The van der Waals surface area contributed by atoms with E-state index in [1.54, 1.807) is 11.8 Å². The smallest absolute Gasteiger partial charge is 0.251 e. The summed E-state index contributed by atoms with van der Waals surface area (Å²) in [6.07, 6.45) is 0. The van der Waals surface area contributed by atoms with Crippen molar-refractivity contribution >= 4 is 28.4 Å². The summed E-state index contributed by atoms with van der Waals surface area (Å²) in [5.41, 5.74) is 1.85. The molecule has 0 saturated carbocycles. The van der Waals surface area contributed by atoms with Gasteiger partial charge < -0.3 is 10.1 Å². The minimum Gasteiger partial charge on any atom is -0.491 e. The quantitative estimate of drug-likeness (QED) is 0.287. The van der Waals surface area contributed by atoms with E-state index in [4.69, 9.17) is 4.74 Å². The number of carbonyl (C=O) groups is 1. The van der Waals surface area contributed by atoms with Crippen LogP contribution in [0.15, 0.2) is 102 Å². The monoisotopic (exact) mass is 413 g/mol. The number of thioether (sulfide) groups is 1. The minimum atomic E-state index is -0.0845. The highest BCUT2D eigenvalue weighted by Crippen LogP contribution is 2.25. The Labute approximate surface area is 181 Å². The molecule has 0 saturated heterocycles. The van der Waals surface area contributed by atoms with Crippen LogP contribution in [0.5, 0.6) is 5.75 Å². The molecule has 4 aromatic carbocycles. The maximum atomic E-state index is 12.4. The minimum absolute atomic E-state index is 0.0845. The van der Waals surface area contributed by atoms with E-state index >= 15 is 0 Å². The molecular formula is C26H23NO2S. The van der Waals surface area contributed by atoms with Crippen molar-refractivity contribution in [3.8, 4) is 5.75 Å². The van der Waals surface area contributed by atoms with Crippen LogP contribution < -0.4 is 10.1 Å². The van der Waals surface area contributed by atoms with Gasteiger partial charge in [-0.05, 0) is 41.3 Å². The number of ether oxygens (including phenoxy) is 1. The zero-order valence-electron chi connectivity index (χ0n) is 16.6. The molecule has 1 amide bonds. The number of hydrogen-bond acceptors (Lipinski definition) is 3. The van der Waals surface area contributed by atoms with Crippen LogP contribution in [-0.2, 0) is 5.75 Å². The highest BCUT2D eigenvalue weighted by atomic mass is 32.2. The lowest BCUT2D eigenvalue weighted by Gasteiger charge is -2.10. The first-order chi connectivity index (χ1) is 14.8. The zero-order valence-corrected chi connectivity index (χ0v) is 17.4. The Bertz CT molecular complexity index is 1110. The van der Waals surface area contributed by atoms with Crippen molar-refractivity contribution in [3.05, 3.63) is 108 Å². The normalized spacial score (nSPS) is 10.7. The SMILES string of the molecule is O=C(NCCOc1cccc2ccccc12)c1ccc(CSc2ccccc2)cc1.